The van der Waals surface area contributed by atoms with E-state index in [1.54, 1.807) is 7.11 Å². The van der Waals surface area contributed by atoms with Crippen molar-refractivity contribution in [2.24, 2.45) is 17.3 Å². The summed E-state index contributed by atoms with van der Waals surface area (Å²) >= 11 is 0. The van der Waals surface area contributed by atoms with E-state index in [0.29, 0.717) is 18.3 Å². The molecule has 1 N–H and O–H groups in total. The summed E-state index contributed by atoms with van der Waals surface area (Å²) in [5, 5.41) is 9.50. The van der Waals surface area contributed by atoms with Gasteiger partial charge in [-0.05, 0) is 50.9 Å². The minimum Gasteiger partial charge on any atom is -0.481 e. The SMILES string of the molecule is COC(C)CC1(C(=O)O)CCC(C(C)C)CC1. The Morgan fingerprint density at radius 2 is 1.88 bits per heavy atom. The molecule has 0 aromatic carbocycles. The topological polar surface area (TPSA) is 46.5 Å². The van der Waals surface area contributed by atoms with E-state index in [2.05, 4.69) is 13.8 Å². The lowest BCUT2D eigenvalue weighted by Crippen LogP contribution is -2.39. The number of rotatable bonds is 5. The second-order valence-corrected chi connectivity index (χ2v) is 5.92. The summed E-state index contributed by atoms with van der Waals surface area (Å²) in [5.41, 5.74) is -0.541. The van der Waals surface area contributed by atoms with Crippen molar-refractivity contribution in [3.63, 3.8) is 0 Å². The average molecular weight is 242 g/mol. The van der Waals surface area contributed by atoms with Gasteiger partial charge in [-0.15, -0.1) is 0 Å². The molecule has 0 aromatic rings. The third-order valence-corrected chi connectivity index (χ3v) is 4.46. The van der Waals surface area contributed by atoms with Crippen molar-refractivity contribution in [3.8, 4) is 0 Å². The predicted octanol–water partition coefficient (Wildman–Crippen LogP) is 3.33. The van der Waals surface area contributed by atoms with Gasteiger partial charge in [0.05, 0.1) is 11.5 Å². The highest BCUT2D eigenvalue weighted by Crippen LogP contribution is 2.44. The molecule has 0 radical (unpaired) electrons. The fraction of sp³-hybridized carbons (Fsp3) is 0.929. The molecule has 0 aromatic heterocycles. The van der Waals surface area contributed by atoms with Crippen LogP contribution in [0.15, 0.2) is 0 Å². The van der Waals surface area contributed by atoms with E-state index in [1.165, 1.54) is 0 Å². The zero-order valence-electron chi connectivity index (χ0n) is 11.5. The number of carboxylic acid groups (broad SMARTS) is 1. The molecule has 0 heterocycles. The number of carbonyl (C=O) groups is 1. The minimum absolute atomic E-state index is 0.0294. The lowest BCUT2D eigenvalue weighted by Gasteiger charge is -2.39. The van der Waals surface area contributed by atoms with Crippen molar-refractivity contribution in [2.75, 3.05) is 7.11 Å². The first-order valence-electron chi connectivity index (χ1n) is 6.67. The molecule has 1 aliphatic rings. The molecule has 1 aliphatic carbocycles. The summed E-state index contributed by atoms with van der Waals surface area (Å²) in [5.74, 6) is 0.727. The highest BCUT2D eigenvalue weighted by Gasteiger charge is 2.43. The van der Waals surface area contributed by atoms with Crippen molar-refractivity contribution < 1.29 is 14.6 Å². The fourth-order valence-electron chi connectivity index (χ4n) is 3.00. The van der Waals surface area contributed by atoms with E-state index in [4.69, 9.17) is 4.74 Å². The lowest BCUT2D eigenvalue weighted by atomic mass is 9.66. The van der Waals surface area contributed by atoms with Crippen molar-refractivity contribution in [3.05, 3.63) is 0 Å². The molecule has 1 unspecified atom stereocenters. The van der Waals surface area contributed by atoms with Gasteiger partial charge in [0.1, 0.15) is 0 Å². The Bertz CT molecular complexity index is 252. The Kier molecular flexibility index (Phi) is 4.99. The Morgan fingerprint density at radius 1 is 1.35 bits per heavy atom. The molecule has 1 rings (SSSR count). The predicted molar refractivity (Wildman–Crippen MR) is 68.0 cm³/mol. The van der Waals surface area contributed by atoms with Crippen molar-refractivity contribution in [1.29, 1.82) is 0 Å². The van der Waals surface area contributed by atoms with Crippen LogP contribution < -0.4 is 0 Å². The summed E-state index contributed by atoms with van der Waals surface area (Å²) in [6, 6.07) is 0. The van der Waals surface area contributed by atoms with E-state index in [-0.39, 0.29) is 6.10 Å². The van der Waals surface area contributed by atoms with Crippen LogP contribution in [-0.2, 0) is 9.53 Å². The second-order valence-electron chi connectivity index (χ2n) is 5.92. The monoisotopic (exact) mass is 242 g/mol. The zero-order chi connectivity index (χ0) is 13.1. The van der Waals surface area contributed by atoms with E-state index in [1.807, 2.05) is 6.92 Å². The molecule has 1 saturated carbocycles. The first-order chi connectivity index (χ1) is 7.91. The van der Waals surface area contributed by atoms with Gasteiger partial charge in [-0.3, -0.25) is 4.79 Å². The van der Waals surface area contributed by atoms with Crippen LogP contribution in [-0.4, -0.2) is 24.3 Å². The lowest BCUT2D eigenvalue weighted by molar-refractivity contribution is -0.154. The molecule has 3 nitrogen and oxygen atoms in total. The Hall–Kier alpha value is -0.570. The van der Waals surface area contributed by atoms with Crippen molar-refractivity contribution >= 4 is 5.97 Å². The van der Waals surface area contributed by atoms with Gasteiger partial charge < -0.3 is 9.84 Å². The minimum atomic E-state index is -0.636. The van der Waals surface area contributed by atoms with Crippen LogP contribution in [0.25, 0.3) is 0 Å². The third-order valence-electron chi connectivity index (χ3n) is 4.46. The van der Waals surface area contributed by atoms with Gasteiger partial charge in [0.25, 0.3) is 0 Å². The molecule has 100 valence electrons. The molecule has 0 saturated heterocycles. The van der Waals surface area contributed by atoms with Crippen LogP contribution in [0, 0.1) is 17.3 Å². The van der Waals surface area contributed by atoms with E-state index >= 15 is 0 Å². The van der Waals surface area contributed by atoms with Gasteiger partial charge in [-0.25, -0.2) is 0 Å². The molecule has 0 aliphatic heterocycles. The maximum atomic E-state index is 11.5. The Labute approximate surface area is 105 Å². The maximum absolute atomic E-state index is 11.5. The fourth-order valence-corrected chi connectivity index (χ4v) is 3.00. The maximum Gasteiger partial charge on any atom is 0.309 e. The van der Waals surface area contributed by atoms with Gasteiger partial charge in [0.2, 0.25) is 0 Å². The van der Waals surface area contributed by atoms with Crippen LogP contribution >= 0.6 is 0 Å². The number of carboxylic acids is 1. The van der Waals surface area contributed by atoms with Gasteiger partial charge in [0.15, 0.2) is 0 Å². The molecular formula is C14H26O3. The van der Waals surface area contributed by atoms with E-state index in [9.17, 15) is 9.90 Å². The molecule has 0 bridgehead atoms. The standard InChI is InChI=1S/C14H26O3/c1-10(2)12-5-7-14(8-6-12,13(15)16)9-11(3)17-4/h10-12H,5-9H2,1-4H3,(H,15,16). The van der Waals surface area contributed by atoms with E-state index < -0.39 is 11.4 Å². The highest BCUT2D eigenvalue weighted by molar-refractivity contribution is 5.74. The molecule has 1 fully saturated rings. The molecular weight excluding hydrogens is 216 g/mol. The Balaban J connectivity index is 2.67. The number of methoxy groups -OCH3 is 1. The van der Waals surface area contributed by atoms with Gasteiger partial charge >= 0.3 is 5.97 Å². The quantitative estimate of drug-likeness (QED) is 0.804. The first-order valence-corrected chi connectivity index (χ1v) is 6.67. The number of hydrogen-bond donors (Lipinski definition) is 1. The number of hydrogen-bond acceptors (Lipinski definition) is 2. The third kappa shape index (κ3) is 3.44. The first kappa shape index (κ1) is 14.5. The van der Waals surface area contributed by atoms with Gasteiger partial charge in [-0.2, -0.15) is 0 Å². The van der Waals surface area contributed by atoms with Crippen LogP contribution in [0.1, 0.15) is 52.9 Å². The van der Waals surface area contributed by atoms with Gasteiger partial charge in [0, 0.05) is 7.11 Å². The van der Waals surface area contributed by atoms with Crippen LogP contribution in [0.5, 0.6) is 0 Å². The normalized spacial score (nSPS) is 31.5. The summed E-state index contributed by atoms with van der Waals surface area (Å²) in [6.45, 7) is 6.42. The largest absolute Gasteiger partial charge is 0.481 e. The summed E-state index contributed by atoms with van der Waals surface area (Å²) < 4.78 is 5.24. The summed E-state index contributed by atoms with van der Waals surface area (Å²) in [6.07, 6.45) is 4.36. The molecule has 0 amide bonds. The van der Waals surface area contributed by atoms with Crippen LogP contribution in [0.2, 0.25) is 0 Å². The molecule has 0 spiro atoms. The summed E-state index contributed by atoms with van der Waals surface area (Å²) in [4.78, 5) is 11.5. The molecule has 3 heteroatoms. The second kappa shape index (κ2) is 5.85. The van der Waals surface area contributed by atoms with E-state index in [0.717, 1.165) is 25.7 Å². The van der Waals surface area contributed by atoms with Crippen molar-refractivity contribution in [1.82, 2.24) is 0 Å². The molecule has 1 atom stereocenters. The average Bonchev–Trinajstić information content (AvgIpc) is 2.29. The smallest absolute Gasteiger partial charge is 0.309 e. The Morgan fingerprint density at radius 3 is 2.24 bits per heavy atom. The van der Waals surface area contributed by atoms with Gasteiger partial charge in [-0.1, -0.05) is 13.8 Å². The molecule has 17 heavy (non-hydrogen) atoms. The highest BCUT2D eigenvalue weighted by atomic mass is 16.5. The van der Waals surface area contributed by atoms with Crippen LogP contribution in [0.3, 0.4) is 0 Å². The van der Waals surface area contributed by atoms with Crippen LogP contribution in [0.4, 0.5) is 0 Å². The zero-order valence-corrected chi connectivity index (χ0v) is 11.5. The van der Waals surface area contributed by atoms with Crippen molar-refractivity contribution in [2.45, 2.75) is 59.0 Å². The summed E-state index contributed by atoms with van der Waals surface area (Å²) in [7, 11) is 1.65. The number of aliphatic carboxylic acids is 1. The number of ether oxygens (including phenoxy) is 1.